The lowest BCUT2D eigenvalue weighted by atomic mass is 10.1. The highest BCUT2D eigenvalue weighted by Gasteiger charge is 2.03. The molecule has 2 aromatic heterocycles. The van der Waals surface area contributed by atoms with Crippen molar-refractivity contribution in [2.75, 3.05) is 5.32 Å². The van der Waals surface area contributed by atoms with Crippen molar-refractivity contribution in [2.24, 2.45) is 0 Å². The summed E-state index contributed by atoms with van der Waals surface area (Å²) < 4.78 is 2.08. The monoisotopic (exact) mass is 321 g/mol. The van der Waals surface area contributed by atoms with Gasteiger partial charge >= 0.3 is 6.03 Å². The Hall–Kier alpha value is -3.15. The molecule has 0 aliphatic rings. The smallest absolute Gasteiger partial charge is 0.319 e. The third-order valence-electron chi connectivity index (χ3n) is 3.64. The quantitative estimate of drug-likeness (QED) is 0.759. The minimum absolute atomic E-state index is 0.251. The first-order chi connectivity index (χ1) is 11.7. The van der Waals surface area contributed by atoms with Crippen molar-refractivity contribution in [3.8, 4) is 0 Å². The van der Waals surface area contributed by atoms with Crippen LogP contribution in [0.2, 0.25) is 0 Å². The first kappa shape index (κ1) is 15.7. The molecule has 2 N–H and O–H groups in total. The average Bonchev–Trinajstić information content (AvgIpc) is 2.99. The molecule has 3 aromatic rings. The number of aryl methyl sites for hydroxylation is 1. The van der Waals surface area contributed by atoms with E-state index in [9.17, 15) is 4.79 Å². The zero-order valence-electron chi connectivity index (χ0n) is 13.4. The number of hydrogen-bond donors (Lipinski definition) is 2. The molecule has 1 aromatic carbocycles. The number of benzene rings is 1. The van der Waals surface area contributed by atoms with E-state index in [2.05, 4.69) is 37.3 Å². The Morgan fingerprint density at radius 3 is 2.79 bits per heavy atom. The van der Waals surface area contributed by atoms with Crippen molar-refractivity contribution >= 4 is 11.7 Å². The zero-order chi connectivity index (χ0) is 16.8. The number of carbonyl (C=O) groups excluding carboxylic acids is 1. The van der Waals surface area contributed by atoms with Gasteiger partial charge in [0.15, 0.2) is 0 Å². The SMILES string of the molecule is Cc1nccn1Cc1cccc(CNC(=O)Nc2cccnc2)c1. The highest BCUT2D eigenvalue weighted by atomic mass is 16.2. The molecule has 0 atom stereocenters. The minimum Gasteiger partial charge on any atom is -0.334 e. The maximum atomic E-state index is 11.9. The number of anilines is 1. The maximum absolute atomic E-state index is 11.9. The third-order valence-corrected chi connectivity index (χ3v) is 3.64. The third kappa shape index (κ3) is 4.19. The van der Waals surface area contributed by atoms with Crippen LogP contribution in [0.1, 0.15) is 17.0 Å². The molecule has 0 aliphatic carbocycles. The van der Waals surface area contributed by atoms with E-state index in [1.165, 1.54) is 5.56 Å². The van der Waals surface area contributed by atoms with Gasteiger partial charge in [0.1, 0.15) is 5.82 Å². The molecular formula is C18H19N5O. The van der Waals surface area contributed by atoms with E-state index < -0.39 is 0 Å². The molecule has 2 heterocycles. The molecule has 0 fully saturated rings. The summed E-state index contributed by atoms with van der Waals surface area (Å²) in [5, 5.41) is 5.59. The molecule has 0 aliphatic heterocycles. The predicted octanol–water partition coefficient (Wildman–Crippen LogP) is 2.96. The number of nitrogens with one attached hydrogen (secondary N) is 2. The van der Waals surface area contributed by atoms with Crippen molar-refractivity contribution in [1.82, 2.24) is 19.9 Å². The van der Waals surface area contributed by atoms with Crippen molar-refractivity contribution in [3.63, 3.8) is 0 Å². The molecule has 122 valence electrons. The van der Waals surface area contributed by atoms with Gasteiger partial charge in [0.05, 0.1) is 11.9 Å². The molecule has 0 saturated carbocycles. The summed E-state index contributed by atoms with van der Waals surface area (Å²) in [5.41, 5.74) is 2.88. The fourth-order valence-corrected chi connectivity index (χ4v) is 2.40. The van der Waals surface area contributed by atoms with Gasteiger partial charge in [-0.2, -0.15) is 0 Å². The Labute approximate surface area is 140 Å². The van der Waals surface area contributed by atoms with E-state index in [1.54, 1.807) is 30.7 Å². The highest BCUT2D eigenvalue weighted by molar-refractivity contribution is 5.88. The van der Waals surface area contributed by atoms with Crippen LogP contribution >= 0.6 is 0 Å². The van der Waals surface area contributed by atoms with Gasteiger partial charge in [0.2, 0.25) is 0 Å². The Kier molecular flexibility index (Phi) is 4.86. The van der Waals surface area contributed by atoms with Crippen molar-refractivity contribution in [1.29, 1.82) is 0 Å². The molecule has 6 heteroatoms. The Morgan fingerprint density at radius 1 is 1.17 bits per heavy atom. The molecule has 0 unspecified atom stereocenters. The zero-order valence-corrected chi connectivity index (χ0v) is 13.4. The van der Waals surface area contributed by atoms with E-state index >= 15 is 0 Å². The molecular weight excluding hydrogens is 302 g/mol. The molecule has 2 amide bonds. The van der Waals surface area contributed by atoms with Crippen LogP contribution in [0.5, 0.6) is 0 Å². The van der Waals surface area contributed by atoms with Gasteiger partial charge in [-0.1, -0.05) is 24.3 Å². The van der Waals surface area contributed by atoms with E-state index in [4.69, 9.17) is 0 Å². The number of aromatic nitrogens is 3. The number of imidazole rings is 1. The van der Waals surface area contributed by atoms with Crippen molar-refractivity contribution in [2.45, 2.75) is 20.0 Å². The number of carbonyl (C=O) groups is 1. The predicted molar refractivity (Wildman–Crippen MR) is 92.6 cm³/mol. The van der Waals surface area contributed by atoms with Crippen molar-refractivity contribution in [3.05, 3.63) is 78.1 Å². The molecule has 24 heavy (non-hydrogen) atoms. The number of hydrogen-bond acceptors (Lipinski definition) is 3. The van der Waals surface area contributed by atoms with Gasteiger partial charge in [-0.3, -0.25) is 4.98 Å². The fourth-order valence-electron chi connectivity index (χ4n) is 2.40. The molecule has 0 saturated heterocycles. The number of pyridine rings is 1. The maximum Gasteiger partial charge on any atom is 0.319 e. The summed E-state index contributed by atoms with van der Waals surface area (Å²) >= 11 is 0. The average molecular weight is 321 g/mol. The van der Waals surface area contributed by atoms with Crippen LogP contribution < -0.4 is 10.6 Å². The van der Waals surface area contributed by atoms with Gasteiger partial charge in [0.25, 0.3) is 0 Å². The number of rotatable bonds is 5. The summed E-state index contributed by atoms with van der Waals surface area (Å²) in [5.74, 6) is 0.981. The van der Waals surface area contributed by atoms with Gasteiger partial charge in [-0.25, -0.2) is 9.78 Å². The summed E-state index contributed by atoms with van der Waals surface area (Å²) in [7, 11) is 0. The topological polar surface area (TPSA) is 71.8 Å². The lowest BCUT2D eigenvalue weighted by Crippen LogP contribution is -2.28. The lowest BCUT2D eigenvalue weighted by Gasteiger charge is -2.10. The van der Waals surface area contributed by atoms with E-state index in [-0.39, 0.29) is 6.03 Å². The summed E-state index contributed by atoms with van der Waals surface area (Å²) in [4.78, 5) is 20.1. The Bertz CT molecular complexity index is 813. The van der Waals surface area contributed by atoms with Crippen molar-refractivity contribution < 1.29 is 4.79 Å². The molecule has 0 radical (unpaired) electrons. The normalized spacial score (nSPS) is 10.4. The van der Waals surface area contributed by atoms with Gasteiger partial charge in [-0.05, 0) is 30.2 Å². The molecule has 0 spiro atoms. The van der Waals surface area contributed by atoms with Crippen LogP contribution in [0.3, 0.4) is 0 Å². The van der Waals surface area contributed by atoms with E-state index in [0.717, 1.165) is 17.9 Å². The van der Waals surface area contributed by atoms with Gasteiger partial charge in [0, 0.05) is 31.7 Å². The van der Waals surface area contributed by atoms with Crippen LogP contribution in [0.4, 0.5) is 10.5 Å². The molecule has 3 rings (SSSR count). The van der Waals surface area contributed by atoms with Crippen LogP contribution in [0.15, 0.2) is 61.2 Å². The largest absolute Gasteiger partial charge is 0.334 e. The second kappa shape index (κ2) is 7.41. The van der Waals surface area contributed by atoms with Gasteiger partial charge < -0.3 is 15.2 Å². The fraction of sp³-hybridized carbons (Fsp3) is 0.167. The van der Waals surface area contributed by atoms with Crippen LogP contribution in [0, 0.1) is 6.92 Å². The molecule has 0 bridgehead atoms. The highest BCUT2D eigenvalue weighted by Crippen LogP contribution is 2.09. The first-order valence-corrected chi connectivity index (χ1v) is 7.71. The summed E-state index contributed by atoms with van der Waals surface area (Å²) in [6.07, 6.45) is 7.02. The second-order valence-corrected chi connectivity index (χ2v) is 5.47. The van der Waals surface area contributed by atoms with Crippen LogP contribution in [0.25, 0.3) is 0 Å². The van der Waals surface area contributed by atoms with E-state index in [0.29, 0.717) is 12.2 Å². The minimum atomic E-state index is -0.251. The Balaban J connectivity index is 1.56. The second-order valence-electron chi connectivity index (χ2n) is 5.47. The van der Waals surface area contributed by atoms with Crippen LogP contribution in [-0.2, 0) is 13.1 Å². The first-order valence-electron chi connectivity index (χ1n) is 7.71. The molecule has 6 nitrogen and oxygen atoms in total. The number of nitrogens with zero attached hydrogens (tertiary/aromatic N) is 3. The van der Waals surface area contributed by atoms with Gasteiger partial charge in [-0.15, -0.1) is 0 Å². The Morgan fingerprint density at radius 2 is 2.04 bits per heavy atom. The van der Waals surface area contributed by atoms with E-state index in [1.807, 2.05) is 25.3 Å². The summed E-state index contributed by atoms with van der Waals surface area (Å²) in [6.45, 7) is 3.21. The summed E-state index contributed by atoms with van der Waals surface area (Å²) in [6, 6.07) is 11.5. The van der Waals surface area contributed by atoms with Crippen LogP contribution in [-0.4, -0.2) is 20.6 Å². The number of amides is 2. The standard InChI is InChI=1S/C18H19N5O/c1-14-20-8-9-23(14)13-16-5-2-4-15(10-16)11-21-18(24)22-17-6-3-7-19-12-17/h2-10,12H,11,13H2,1H3,(H2,21,22,24). The lowest BCUT2D eigenvalue weighted by molar-refractivity contribution is 0.251. The number of urea groups is 1.